The second kappa shape index (κ2) is 6.57. The van der Waals surface area contributed by atoms with E-state index < -0.39 is 9.84 Å². The van der Waals surface area contributed by atoms with Gasteiger partial charge >= 0.3 is 0 Å². The van der Waals surface area contributed by atoms with E-state index in [0.717, 1.165) is 24.7 Å². The topological polar surface area (TPSA) is 63.2 Å². The molecule has 0 saturated heterocycles. The molecule has 0 aliphatic heterocycles. The number of carbonyl (C=O) groups is 1. The molecule has 4 nitrogen and oxygen atoms in total. The van der Waals surface area contributed by atoms with Crippen molar-refractivity contribution in [3.63, 3.8) is 0 Å². The van der Waals surface area contributed by atoms with Crippen molar-refractivity contribution >= 4 is 27.3 Å². The molecule has 0 aromatic heterocycles. The zero-order valence-corrected chi connectivity index (χ0v) is 14.8. The van der Waals surface area contributed by atoms with Gasteiger partial charge in [-0.3, -0.25) is 4.79 Å². The molecule has 0 radical (unpaired) electrons. The van der Waals surface area contributed by atoms with Crippen LogP contribution in [0.2, 0.25) is 5.02 Å². The fourth-order valence-corrected chi connectivity index (χ4v) is 3.78. The quantitative estimate of drug-likeness (QED) is 0.882. The third kappa shape index (κ3) is 3.79. The summed E-state index contributed by atoms with van der Waals surface area (Å²) < 4.78 is 23.8. The first-order valence-electron chi connectivity index (χ1n) is 7.71. The fourth-order valence-electron chi connectivity index (χ4n) is 2.77. The van der Waals surface area contributed by atoms with E-state index in [0.29, 0.717) is 10.9 Å². The zero-order valence-electron chi connectivity index (χ0n) is 13.2. The second-order valence-corrected chi connectivity index (χ2v) is 8.53. The van der Waals surface area contributed by atoms with Crippen LogP contribution < -0.4 is 5.32 Å². The predicted molar refractivity (Wildman–Crippen MR) is 93.9 cm³/mol. The lowest BCUT2D eigenvalue weighted by Crippen LogP contribution is -2.30. The van der Waals surface area contributed by atoms with E-state index in [4.69, 9.17) is 11.6 Å². The Morgan fingerprint density at radius 1 is 1.12 bits per heavy atom. The highest BCUT2D eigenvalue weighted by molar-refractivity contribution is 7.90. The zero-order chi connectivity index (χ0) is 17.3. The summed E-state index contributed by atoms with van der Waals surface area (Å²) in [6, 6.07) is 13.5. The van der Waals surface area contributed by atoms with Crippen LogP contribution in [-0.4, -0.2) is 20.6 Å². The molecule has 0 heterocycles. The molecule has 1 N–H and O–H groups in total. The van der Waals surface area contributed by atoms with Crippen molar-refractivity contribution in [2.24, 2.45) is 5.92 Å². The van der Waals surface area contributed by atoms with Crippen LogP contribution in [0.15, 0.2) is 53.4 Å². The number of nitrogens with one attached hydrogen (secondary N) is 1. The molecule has 3 rings (SSSR count). The Labute approximate surface area is 146 Å². The van der Waals surface area contributed by atoms with Gasteiger partial charge in [0.25, 0.3) is 5.91 Å². The normalized spacial score (nSPS) is 15.8. The summed E-state index contributed by atoms with van der Waals surface area (Å²) in [6.07, 6.45) is 3.19. The molecule has 1 aliphatic carbocycles. The first kappa shape index (κ1) is 17.0. The van der Waals surface area contributed by atoms with Crippen LogP contribution in [0, 0.1) is 5.92 Å². The molecular weight excluding hydrogens is 346 g/mol. The van der Waals surface area contributed by atoms with Crippen molar-refractivity contribution in [1.29, 1.82) is 0 Å². The average molecular weight is 364 g/mol. The standard InChI is InChI=1S/C18H18ClNO3S/c1-24(22,23)16-5-3-2-4-15(16)18(21)20-17(12-6-7-12)13-8-10-14(19)11-9-13/h2-5,8-12,17H,6-7H2,1H3,(H,20,21)/t17-/m0/s1. The number of hydrogen-bond donors (Lipinski definition) is 1. The maximum absolute atomic E-state index is 12.7. The molecule has 126 valence electrons. The third-order valence-electron chi connectivity index (χ3n) is 4.14. The van der Waals surface area contributed by atoms with Gasteiger partial charge in [0.15, 0.2) is 9.84 Å². The number of carbonyl (C=O) groups excluding carboxylic acids is 1. The van der Waals surface area contributed by atoms with Crippen LogP contribution in [-0.2, 0) is 9.84 Å². The van der Waals surface area contributed by atoms with E-state index in [-0.39, 0.29) is 22.4 Å². The Morgan fingerprint density at radius 2 is 1.75 bits per heavy atom. The maximum Gasteiger partial charge on any atom is 0.253 e. The van der Waals surface area contributed by atoms with Gasteiger partial charge in [-0.2, -0.15) is 0 Å². The Hall–Kier alpha value is -1.85. The number of rotatable bonds is 5. The van der Waals surface area contributed by atoms with Crippen molar-refractivity contribution in [2.75, 3.05) is 6.26 Å². The van der Waals surface area contributed by atoms with Crippen molar-refractivity contribution in [2.45, 2.75) is 23.8 Å². The van der Waals surface area contributed by atoms with Gasteiger partial charge < -0.3 is 5.32 Å². The summed E-state index contributed by atoms with van der Waals surface area (Å²) in [7, 11) is -3.47. The molecule has 1 amide bonds. The molecule has 1 fully saturated rings. The minimum Gasteiger partial charge on any atom is -0.345 e. The van der Waals surface area contributed by atoms with Gasteiger partial charge in [0.05, 0.1) is 16.5 Å². The lowest BCUT2D eigenvalue weighted by molar-refractivity contribution is 0.0928. The molecule has 1 saturated carbocycles. The summed E-state index contributed by atoms with van der Waals surface area (Å²) in [4.78, 5) is 12.7. The molecule has 6 heteroatoms. The molecule has 2 aromatic carbocycles. The summed E-state index contributed by atoms with van der Waals surface area (Å²) >= 11 is 5.93. The van der Waals surface area contributed by atoms with Crippen LogP contribution in [0.1, 0.15) is 34.8 Å². The van der Waals surface area contributed by atoms with Crippen molar-refractivity contribution in [3.05, 3.63) is 64.7 Å². The SMILES string of the molecule is CS(=O)(=O)c1ccccc1C(=O)N[C@H](c1ccc(Cl)cc1)C1CC1. The number of amides is 1. The minimum atomic E-state index is -3.47. The fraction of sp³-hybridized carbons (Fsp3) is 0.278. The largest absolute Gasteiger partial charge is 0.345 e. The Morgan fingerprint density at radius 3 is 2.33 bits per heavy atom. The van der Waals surface area contributed by atoms with Gasteiger partial charge in [-0.25, -0.2) is 8.42 Å². The molecule has 0 bridgehead atoms. The first-order chi connectivity index (χ1) is 11.4. The van der Waals surface area contributed by atoms with E-state index in [1.165, 1.54) is 12.1 Å². The van der Waals surface area contributed by atoms with E-state index in [2.05, 4.69) is 5.32 Å². The summed E-state index contributed by atoms with van der Waals surface area (Å²) in [5.41, 5.74) is 1.16. The van der Waals surface area contributed by atoms with Crippen LogP contribution in [0.5, 0.6) is 0 Å². The van der Waals surface area contributed by atoms with Gasteiger partial charge in [0.2, 0.25) is 0 Å². The molecule has 2 aromatic rings. The number of hydrogen-bond acceptors (Lipinski definition) is 3. The van der Waals surface area contributed by atoms with E-state index >= 15 is 0 Å². The smallest absolute Gasteiger partial charge is 0.253 e. The van der Waals surface area contributed by atoms with Crippen molar-refractivity contribution < 1.29 is 13.2 Å². The van der Waals surface area contributed by atoms with Gasteiger partial charge in [-0.15, -0.1) is 0 Å². The minimum absolute atomic E-state index is 0.0492. The van der Waals surface area contributed by atoms with E-state index in [1.807, 2.05) is 12.1 Å². The van der Waals surface area contributed by atoms with Crippen LogP contribution >= 0.6 is 11.6 Å². The van der Waals surface area contributed by atoms with Gasteiger partial charge in [0, 0.05) is 11.3 Å². The van der Waals surface area contributed by atoms with Gasteiger partial charge in [-0.05, 0) is 48.6 Å². The molecule has 24 heavy (non-hydrogen) atoms. The molecule has 0 unspecified atom stereocenters. The maximum atomic E-state index is 12.7. The first-order valence-corrected chi connectivity index (χ1v) is 9.98. The van der Waals surface area contributed by atoms with Gasteiger partial charge in [0.1, 0.15) is 0 Å². The van der Waals surface area contributed by atoms with Gasteiger partial charge in [-0.1, -0.05) is 35.9 Å². The van der Waals surface area contributed by atoms with Crippen LogP contribution in [0.25, 0.3) is 0 Å². The Balaban J connectivity index is 1.89. The monoisotopic (exact) mass is 363 g/mol. The Bertz CT molecular complexity index is 858. The molecule has 1 atom stereocenters. The number of sulfone groups is 1. The second-order valence-electron chi connectivity index (χ2n) is 6.11. The lowest BCUT2D eigenvalue weighted by Gasteiger charge is -2.20. The third-order valence-corrected chi connectivity index (χ3v) is 5.55. The highest BCUT2D eigenvalue weighted by Crippen LogP contribution is 2.41. The summed E-state index contributed by atoms with van der Waals surface area (Å²) in [5.74, 6) is 0.00314. The predicted octanol–water partition coefficient (Wildman–Crippen LogP) is 3.62. The van der Waals surface area contributed by atoms with E-state index in [9.17, 15) is 13.2 Å². The van der Waals surface area contributed by atoms with Crippen LogP contribution in [0.4, 0.5) is 0 Å². The Kier molecular flexibility index (Phi) is 4.65. The highest BCUT2D eigenvalue weighted by Gasteiger charge is 2.34. The van der Waals surface area contributed by atoms with Crippen molar-refractivity contribution in [3.8, 4) is 0 Å². The lowest BCUT2D eigenvalue weighted by atomic mass is 10.0. The molecule has 1 aliphatic rings. The number of halogens is 1. The van der Waals surface area contributed by atoms with Crippen LogP contribution in [0.3, 0.4) is 0 Å². The summed E-state index contributed by atoms with van der Waals surface area (Å²) in [5, 5.41) is 3.64. The molecule has 0 spiro atoms. The average Bonchev–Trinajstić information content (AvgIpc) is 3.37. The summed E-state index contributed by atoms with van der Waals surface area (Å²) in [6.45, 7) is 0. The van der Waals surface area contributed by atoms with E-state index in [1.54, 1.807) is 24.3 Å². The highest BCUT2D eigenvalue weighted by atomic mass is 35.5. The van der Waals surface area contributed by atoms with Crippen molar-refractivity contribution in [1.82, 2.24) is 5.32 Å². The molecular formula is C18H18ClNO3S. The number of benzene rings is 2.